The van der Waals surface area contributed by atoms with E-state index in [-0.39, 0.29) is 12.2 Å². The summed E-state index contributed by atoms with van der Waals surface area (Å²) >= 11 is 10.8. The largest absolute Gasteiger partial charge is 0.488 e. The Morgan fingerprint density at radius 3 is 2.52 bits per heavy atom. The van der Waals surface area contributed by atoms with E-state index in [1.165, 1.54) is 11.3 Å². The van der Waals surface area contributed by atoms with Gasteiger partial charge in [-0.25, -0.2) is 9.79 Å². The predicted octanol–water partition coefficient (Wildman–Crippen LogP) is 6.10. The minimum atomic E-state index is -0.652. The number of thiazole rings is 1. The Kier molecular flexibility index (Phi) is 8.40. The summed E-state index contributed by atoms with van der Waals surface area (Å²) in [5.41, 5.74) is 4.25. The number of benzene rings is 3. The van der Waals surface area contributed by atoms with Gasteiger partial charge in [0.2, 0.25) is 0 Å². The van der Waals surface area contributed by atoms with Crippen LogP contribution >= 0.6 is 38.9 Å². The third kappa shape index (κ3) is 5.84. The second-order valence-electron chi connectivity index (χ2n) is 9.31. The molecular weight excluding hydrogens is 612 g/mol. The van der Waals surface area contributed by atoms with E-state index in [2.05, 4.69) is 20.9 Å². The second kappa shape index (κ2) is 12.0. The van der Waals surface area contributed by atoms with Crippen molar-refractivity contribution in [3.8, 4) is 5.75 Å². The lowest BCUT2D eigenvalue weighted by molar-refractivity contribution is -0.139. The average molecular weight is 638 g/mol. The molecule has 0 radical (unpaired) electrons. The summed E-state index contributed by atoms with van der Waals surface area (Å²) in [4.78, 5) is 32.2. The van der Waals surface area contributed by atoms with Crippen molar-refractivity contribution in [1.82, 2.24) is 4.57 Å². The number of fused-ring (bicyclic) bond motifs is 1. The molecule has 3 aromatic carbocycles. The molecule has 0 spiro atoms. The Morgan fingerprint density at radius 2 is 1.82 bits per heavy atom. The van der Waals surface area contributed by atoms with Crippen LogP contribution in [0.3, 0.4) is 0 Å². The number of carbonyl (C=O) groups is 1. The maximum Gasteiger partial charge on any atom is 0.338 e. The Hall–Kier alpha value is -3.46. The molecule has 4 aromatic rings. The molecule has 5 rings (SSSR count). The van der Waals surface area contributed by atoms with Crippen LogP contribution in [0.15, 0.2) is 92.3 Å². The number of aryl methyl sites for hydroxylation is 1. The lowest BCUT2D eigenvalue weighted by atomic mass is 9.95. The van der Waals surface area contributed by atoms with Gasteiger partial charge in [-0.3, -0.25) is 9.36 Å². The molecule has 1 aliphatic heterocycles. The molecule has 40 heavy (non-hydrogen) atoms. The minimum absolute atomic E-state index is 0.225. The summed E-state index contributed by atoms with van der Waals surface area (Å²) in [6, 6.07) is 20.3. The number of ether oxygens (including phenoxy) is 2. The first kappa shape index (κ1) is 28.1. The third-order valence-electron chi connectivity index (χ3n) is 6.48. The first-order chi connectivity index (χ1) is 19.2. The van der Waals surface area contributed by atoms with Gasteiger partial charge in [-0.15, -0.1) is 0 Å². The minimum Gasteiger partial charge on any atom is -0.488 e. The van der Waals surface area contributed by atoms with E-state index in [9.17, 15) is 9.59 Å². The zero-order valence-corrected chi connectivity index (χ0v) is 25.3. The van der Waals surface area contributed by atoms with Gasteiger partial charge < -0.3 is 9.47 Å². The normalized spacial score (nSPS) is 15.0. The van der Waals surface area contributed by atoms with Gasteiger partial charge in [0.1, 0.15) is 12.4 Å². The molecule has 0 aliphatic carbocycles. The van der Waals surface area contributed by atoms with Gasteiger partial charge in [0.15, 0.2) is 4.80 Å². The predicted molar refractivity (Wildman–Crippen MR) is 162 cm³/mol. The van der Waals surface area contributed by atoms with E-state index in [1.54, 1.807) is 24.5 Å². The van der Waals surface area contributed by atoms with E-state index in [4.69, 9.17) is 21.1 Å². The highest BCUT2D eigenvalue weighted by Crippen LogP contribution is 2.31. The van der Waals surface area contributed by atoms with E-state index < -0.39 is 12.0 Å². The van der Waals surface area contributed by atoms with Crippen LogP contribution in [0, 0.1) is 6.92 Å². The summed E-state index contributed by atoms with van der Waals surface area (Å²) < 4.78 is 14.4. The quantitative estimate of drug-likeness (QED) is 0.230. The zero-order chi connectivity index (χ0) is 28.4. The van der Waals surface area contributed by atoms with Crippen molar-refractivity contribution < 1.29 is 14.3 Å². The number of halogens is 2. The van der Waals surface area contributed by atoms with E-state index in [0.29, 0.717) is 38.0 Å². The van der Waals surface area contributed by atoms with Crippen molar-refractivity contribution in [3.63, 3.8) is 0 Å². The summed E-state index contributed by atoms with van der Waals surface area (Å²) in [5.74, 6) is 0.149. The fourth-order valence-corrected chi connectivity index (χ4v) is 6.04. The summed E-state index contributed by atoms with van der Waals surface area (Å²) in [7, 11) is 0. The number of esters is 1. The van der Waals surface area contributed by atoms with Gasteiger partial charge in [0, 0.05) is 15.1 Å². The van der Waals surface area contributed by atoms with Crippen LogP contribution < -0.4 is 19.6 Å². The van der Waals surface area contributed by atoms with E-state index in [1.807, 2.05) is 73.7 Å². The molecule has 0 unspecified atom stereocenters. The van der Waals surface area contributed by atoms with Crippen LogP contribution in [-0.4, -0.2) is 17.1 Å². The van der Waals surface area contributed by atoms with Gasteiger partial charge in [-0.2, -0.15) is 0 Å². The molecule has 1 aliphatic rings. The van der Waals surface area contributed by atoms with Crippen LogP contribution in [0.1, 0.15) is 42.1 Å². The molecule has 1 atom stereocenters. The highest BCUT2D eigenvalue weighted by Gasteiger charge is 2.33. The topological polar surface area (TPSA) is 69.9 Å². The van der Waals surface area contributed by atoms with Crippen molar-refractivity contribution in [3.05, 3.63) is 129 Å². The number of allylic oxidation sites excluding steroid dienone is 1. The van der Waals surface area contributed by atoms with Crippen LogP contribution in [-0.2, 0) is 16.1 Å². The number of carbonyl (C=O) groups excluding carboxylic acids is 1. The van der Waals surface area contributed by atoms with Crippen LogP contribution in [0.5, 0.6) is 5.75 Å². The molecule has 1 aromatic heterocycles. The molecule has 2 heterocycles. The molecule has 0 amide bonds. The monoisotopic (exact) mass is 636 g/mol. The number of nitrogens with zero attached hydrogens (tertiary/aromatic N) is 2. The first-order valence-electron chi connectivity index (χ1n) is 12.7. The maximum atomic E-state index is 14.0. The lowest BCUT2D eigenvalue weighted by Gasteiger charge is -2.24. The molecule has 0 fully saturated rings. The van der Waals surface area contributed by atoms with Crippen molar-refractivity contribution in [2.24, 2.45) is 4.99 Å². The molecule has 0 bridgehead atoms. The fraction of sp³-hybridized carbons (Fsp3) is 0.194. The number of rotatable bonds is 7. The second-order valence-corrected chi connectivity index (χ2v) is 11.7. The Labute approximate surface area is 249 Å². The van der Waals surface area contributed by atoms with Gasteiger partial charge in [0.25, 0.3) is 5.56 Å². The highest BCUT2D eigenvalue weighted by atomic mass is 79.9. The molecule has 0 saturated heterocycles. The summed E-state index contributed by atoms with van der Waals surface area (Å²) in [5, 5.41) is 0.661. The van der Waals surface area contributed by atoms with Crippen LogP contribution in [0.25, 0.3) is 6.08 Å². The van der Waals surface area contributed by atoms with Crippen molar-refractivity contribution in [1.29, 1.82) is 0 Å². The highest BCUT2D eigenvalue weighted by molar-refractivity contribution is 9.10. The smallest absolute Gasteiger partial charge is 0.338 e. The Morgan fingerprint density at radius 1 is 1.10 bits per heavy atom. The lowest BCUT2D eigenvalue weighted by Crippen LogP contribution is -2.39. The molecule has 6 nitrogen and oxygen atoms in total. The van der Waals surface area contributed by atoms with Gasteiger partial charge >= 0.3 is 5.97 Å². The molecule has 0 N–H and O–H groups in total. The van der Waals surface area contributed by atoms with Gasteiger partial charge in [0.05, 0.1) is 28.5 Å². The average Bonchev–Trinajstić information content (AvgIpc) is 3.23. The zero-order valence-electron chi connectivity index (χ0n) is 22.1. The van der Waals surface area contributed by atoms with Crippen LogP contribution in [0.2, 0.25) is 5.02 Å². The van der Waals surface area contributed by atoms with Gasteiger partial charge in [-0.05, 0) is 68.3 Å². The van der Waals surface area contributed by atoms with Crippen LogP contribution in [0.4, 0.5) is 0 Å². The van der Waals surface area contributed by atoms with Crippen molar-refractivity contribution in [2.75, 3.05) is 6.61 Å². The van der Waals surface area contributed by atoms with Gasteiger partial charge in [-0.1, -0.05) is 80.8 Å². The summed E-state index contributed by atoms with van der Waals surface area (Å²) in [6.07, 6.45) is 1.81. The Bertz CT molecular complexity index is 1790. The molecular formula is C31H26BrClN2O4S. The Balaban J connectivity index is 1.61. The summed E-state index contributed by atoms with van der Waals surface area (Å²) in [6.45, 7) is 6.10. The number of hydrogen-bond acceptors (Lipinski definition) is 6. The van der Waals surface area contributed by atoms with Crippen molar-refractivity contribution >= 4 is 50.9 Å². The molecule has 204 valence electrons. The molecule has 0 saturated carbocycles. The molecule has 9 heteroatoms. The van der Waals surface area contributed by atoms with E-state index >= 15 is 0 Å². The number of hydrogen-bond donors (Lipinski definition) is 0. The number of aromatic nitrogens is 1. The van der Waals surface area contributed by atoms with Crippen molar-refractivity contribution in [2.45, 2.75) is 33.4 Å². The SMILES string of the molecule is CCOC(=O)C1=C(C)N=c2s/c(=C/c3cc(Br)ccc3OCc3ccc(Cl)cc3)c(=O)n2[C@H]1c1ccc(C)cc1. The standard InChI is InChI=1S/C31H26BrClN2O4S/c1-4-38-30(37)27-19(3)34-31-35(28(27)21-9-5-18(2)6-10-21)29(36)26(40-31)16-22-15-23(32)11-14-25(22)39-17-20-7-12-24(33)13-8-20/h5-16,28H,4,17H2,1-3H3/b26-16+/t28-/m0/s1. The maximum absolute atomic E-state index is 14.0. The van der Waals surface area contributed by atoms with E-state index in [0.717, 1.165) is 26.7 Å². The first-order valence-corrected chi connectivity index (χ1v) is 14.7. The third-order valence-corrected chi connectivity index (χ3v) is 8.20. The fourth-order valence-electron chi connectivity index (χ4n) is 4.50.